The molecule has 6 heteroatoms. The van der Waals surface area contributed by atoms with E-state index in [9.17, 15) is 13.2 Å². The molecule has 21 heavy (non-hydrogen) atoms. The molecule has 0 saturated carbocycles. The average Bonchev–Trinajstić information content (AvgIpc) is 2.42. The Morgan fingerprint density at radius 2 is 1.86 bits per heavy atom. The van der Waals surface area contributed by atoms with Gasteiger partial charge in [0.25, 0.3) is 0 Å². The molecular formula is C15H12BrF3O2. The molecule has 0 aromatic heterocycles. The SMILES string of the molecule is Cc1cc(Oc2ccc(CO)cc2C(F)(F)F)ccc1Br. The summed E-state index contributed by atoms with van der Waals surface area (Å²) in [6.07, 6.45) is -4.55. The van der Waals surface area contributed by atoms with Gasteiger partial charge >= 0.3 is 6.18 Å². The lowest BCUT2D eigenvalue weighted by atomic mass is 10.1. The summed E-state index contributed by atoms with van der Waals surface area (Å²) in [4.78, 5) is 0. The minimum atomic E-state index is -4.55. The summed E-state index contributed by atoms with van der Waals surface area (Å²) in [6.45, 7) is 1.36. The monoisotopic (exact) mass is 360 g/mol. The Labute approximate surface area is 128 Å². The summed E-state index contributed by atoms with van der Waals surface area (Å²) in [5.41, 5.74) is 0.129. The van der Waals surface area contributed by atoms with Gasteiger partial charge in [0.1, 0.15) is 11.5 Å². The van der Waals surface area contributed by atoms with E-state index in [1.54, 1.807) is 18.2 Å². The lowest BCUT2D eigenvalue weighted by Gasteiger charge is -2.15. The normalized spacial score (nSPS) is 11.5. The minimum Gasteiger partial charge on any atom is -0.457 e. The number of benzene rings is 2. The predicted octanol–water partition coefficient (Wildman–Crippen LogP) is 5.06. The molecule has 2 nitrogen and oxygen atoms in total. The van der Waals surface area contributed by atoms with Gasteiger partial charge in [0.05, 0.1) is 12.2 Å². The molecule has 2 aromatic rings. The molecule has 0 unspecified atom stereocenters. The molecule has 0 aliphatic carbocycles. The van der Waals surface area contributed by atoms with Crippen LogP contribution in [0.4, 0.5) is 13.2 Å². The number of hydrogen-bond donors (Lipinski definition) is 1. The number of aliphatic hydroxyl groups excluding tert-OH is 1. The van der Waals surface area contributed by atoms with E-state index in [4.69, 9.17) is 9.84 Å². The zero-order valence-electron chi connectivity index (χ0n) is 11.0. The highest BCUT2D eigenvalue weighted by Gasteiger charge is 2.34. The second-order valence-corrected chi connectivity index (χ2v) is 5.35. The van der Waals surface area contributed by atoms with Gasteiger partial charge in [0.2, 0.25) is 0 Å². The number of hydrogen-bond acceptors (Lipinski definition) is 2. The van der Waals surface area contributed by atoms with Gasteiger partial charge in [-0.05, 0) is 48.4 Å². The van der Waals surface area contributed by atoms with Gasteiger partial charge in [0.15, 0.2) is 0 Å². The van der Waals surface area contributed by atoms with Crippen LogP contribution in [0.3, 0.4) is 0 Å². The van der Waals surface area contributed by atoms with E-state index in [1.165, 1.54) is 12.1 Å². The topological polar surface area (TPSA) is 29.5 Å². The van der Waals surface area contributed by atoms with Gasteiger partial charge in [-0.1, -0.05) is 22.0 Å². The maximum absolute atomic E-state index is 13.0. The first-order valence-corrected chi connectivity index (χ1v) is 6.85. The number of alkyl halides is 3. The van der Waals surface area contributed by atoms with E-state index in [-0.39, 0.29) is 11.3 Å². The maximum atomic E-state index is 13.0. The molecule has 112 valence electrons. The first-order valence-electron chi connectivity index (χ1n) is 6.06. The summed E-state index contributed by atoms with van der Waals surface area (Å²) < 4.78 is 45.3. The van der Waals surface area contributed by atoms with Crippen molar-refractivity contribution in [3.8, 4) is 11.5 Å². The van der Waals surface area contributed by atoms with E-state index in [0.29, 0.717) is 5.75 Å². The van der Waals surface area contributed by atoms with Crippen molar-refractivity contribution < 1.29 is 23.0 Å². The van der Waals surface area contributed by atoms with Crippen LogP contribution in [0.1, 0.15) is 16.7 Å². The molecule has 0 fully saturated rings. The number of ether oxygens (including phenoxy) is 1. The molecule has 2 rings (SSSR count). The quantitative estimate of drug-likeness (QED) is 0.828. The zero-order valence-corrected chi connectivity index (χ0v) is 12.6. The molecule has 0 aliphatic heterocycles. The van der Waals surface area contributed by atoms with Crippen molar-refractivity contribution >= 4 is 15.9 Å². The molecule has 0 aliphatic rings. The Bertz CT molecular complexity index is 654. The fraction of sp³-hybridized carbons (Fsp3) is 0.200. The van der Waals surface area contributed by atoms with Crippen molar-refractivity contribution in [1.82, 2.24) is 0 Å². The van der Waals surface area contributed by atoms with E-state index >= 15 is 0 Å². The summed E-state index contributed by atoms with van der Waals surface area (Å²) in [5.74, 6) is 0.0272. The number of rotatable bonds is 3. The highest BCUT2D eigenvalue weighted by molar-refractivity contribution is 9.10. The van der Waals surface area contributed by atoms with Crippen LogP contribution in [-0.2, 0) is 12.8 Å². The van der Waals surface area contributed by atoms with E-state index in [0.717, 1.165) is 16.1 Å². The van der Waals surface area contributed by atoms with E-state index < -0.39 is 18.3 Å². The second kappa shape index (κ2) is 6.07. The Kier molecular flexibility index (Phi) is 4.58. The van der Waals surface area contributed by atoms with Crippen LogP contribution < -0.4 is 4.74 Å². The first kappa shape index (κ1) is 15.9. The Hall–Kier alpha value is -1.53. The van der Waals surface area contributed by atoms with Crippen LogP contribution in [0.2, 0.25) is 0 Å². The summed E-state index contributed by atoms with van der Waals surface area (Å²) >= 11 is 3.32. The smallest absolute Gasteiger partial charge is 0.419 e. The van der Waals surface area contributed by atoms with Gasteiger partial charge < -0.3 is 9.84 Å². The Morgan fingerprint density at radius 3 is 2.43 bits per heavy atom. The summed E-state index contributed by atoms with van der Waals surface area (Å²) in [5, 5.41) is 8.96. The van der Waals surface area contributed by atoms with Crippen molar-refractivity contribution in [3.05, 3.63) is 57.6 Å². The zero-order chi connectivity index (χ0) is 15.6. The lowest BCUT2D eigenvalue weighted by molar-refractivity contribution is -0.138. The van der Waals surface area contributed by atoms with E-state index in [1.807, 2.05) is 6.92 Å². The van der Waals surface area contributed by atoms with Gasteiger partial charge in [0, 0.05) is 4.47 Å². The van der Waals surface area contributed by atoms with Crippen LogP contribution in [0.15, 0.2) is 40.9 Å². The molecule has 0 heterocycles. The third-order valence-electron chi connectivity index (χ3n) is 2.89. The maximum Gasteiger partial charge on any atom is 0.419 e. The van der Waals surface area contributed by atoms with Gasteiger partial charge in [-0.2, -0.15) is 13.2 Å². The number of halogens is 4. The van der Waals surface area contributed by atoms with Crippen LogP contribution >= 0.6 is 15.9 Å². The number of aryl methyl sites for hydroxylation is 1. The fourth-order valence-electron chi connectivity index (χ4n) is 1.79. The largest absolute Gasteiger partial charge is 0.457 e. The third-order valence-corrected chi connectivity index (χ3v) is 3.78. The van der Waals surface area contributed by atoms with Gasteiger partial charge in [-0.3, -0.25) is 0 Å². The van der Waals surface area contributed by atoms with Crippen LogP contribution in [0.5, 0.6) is 11.5 Å². The Balaban J connectivity index is 2.41. The van der Waals surface area contributed by atoms with Crippen LogP contribution in [-0.4, -0.2) is 5.11 Å². The van der Waals surface area contributed by atoms with E-state index in [2.05, 4.69) is 15.9 Å². The lowest BCUT2D eigenvalue weighted by Crippen LogP contribution is -2.08. The summed E-state index contributed by atoms with van der Waals surface area (Å²) in [6, 6.07) is 8.44. The minimum absolute atomic E-state index is 0.182. The van der Waals surface area contributed by atoms with Gasteiger partial charge in [-0.25, -0.2) is 0 Å². The van der Waals surface area contributed by atoms with Crippen molar-refractivity contribution in [2.75, 3.05) is 0 Å². The molecule has 2 aromatic carbocycles. The summed E-state index contributed by atoms with van der Waals surface area (Å²) in [7, 11) is 0. The highest BCUT2D eigenvalue weighted by Crippen LogP contribution is 2.39. The fourth-order valence-corrected chi connectivity index (χ4v) is 2.04. The standard InChI is InChI=1S/C15H12BrF3O2/c1-9-6-11(3-4-13(9)16)21-14-5-2-10(8-20)7-12(14)15(17,18)19/h2-7,20H,8H2,1H3. The molecule has 0 amide bonds. The van der Waals surface area contributed by atoms with Crippen molar-refractivity contribution in [2.45, 2.75) is 19.7 Å². The Morgan fingerprint density at radius 1 is 1.14 bits per heavy atom. The molecular weight excluding hydrogens is 349 g/mol. The molecule has 0 atom stereocenters. The average molecular weight is 361 g/mol. The van der Waals surface area contributed by atoms with Gasteiger partial charge in [-0.15, -0.1) is 0 Å². The third kappa shape index (κ3) is 3.77. The number of aliphatic hydroxyl groups is 1. The van der Waals surface area contributed by atoms with Crippen molar-refractivity contribution in [3.63, 3.8) is 0 Å². The molecule has 0 radical (unpaired) electrons. The molecule has 1 N–H and O–H groups in total. The highest BCUT2D eigenvalue weighted by atomic mass is 79.9. The van der Waals surface area contributed by atoms with Crippen LogP contribution in [0, 0.1) is 6.92 Å². The van der Waals surface area contributed by atoms with Crippen molar-refractivity contribution in [1.29, 1.82) is 0 Å². The first-order chi connectivity index (χ1) is 9.81. The predicted molar refractivity (Wildman–Crippen MR) is 76.3 cm³/mol. The molecule has 0 saturated heterocycles. The van der Waals surface area contributed by atoms with Crippen LogP contribution in [0.25, 0.3) is 0 Å². The molecule has 0 bridgehead atoms. The second-order valence-electron chi connectivity index (χ2n) is 4.50. The molecule has 0 spiro atoms. The van der Waals surface area contributed by atoms with Crippen molar-refractivity contribution in [2.24, 2.45) is 0 Å².